The lowest BCUT2D eigenvalue weighted by Crippen LogP contribution is -2.43. The van der Waals surface area contributed by atoms with Crippen molar-refractivity contribution in [3.8, 4) is 5.75 Å². The number of ether oxygens (including phenoxy) is 1. The Morgan fingerprint density at radius 1 is 1.08 bits per heavy atom. The SMILES string of the molecule is Cc1ccc(C(=O)NNC(=O)COc2ccc(Cl)cc2Br)cc1Br. The Morgan fingerprint density at radius 2 is 1.83 bits per heavy atom. The summed E-state index contributed by atoms with van der Waals surface area (Å²) in [6, 6.07) is 10.1. The third-order valence-corrected chi connectivity index (χ3v) is 4.71. The monoisotopic (exact) mass is 474 g/mol. The van der Waals surface area contributed by atoms with Gasteiger partial charge in [0, 0.05) is 15.1 Å². The topological polar surface area (TPSA) is 67.4 Å². The van der Waals surface area contributed by atoms with Crippen LogP contribution in [0, 0.1) is 6.92 Å². The van der Waals surface area contributed by atoms with Crippen molar-refractivity contribution in [2.24, 2.45) is 0 Å². The van der Waals surface area contributed by atoms with Gasteiger partial charge in [-0.1, -0.05) is 33.6 Å². The second-order valence-corrected chi connectivity index (χ2v) is 6.97. The minimum atomic E-state index is -0.489. The summed E-state index contributed by atoms with van der Waals surface area (Å²) in [7, 11) is 0. The molecule has 0 atom stereocenters. The van der Waals surface area contributed by atoms with Gasteiger partial charge in [0.15, 0.2) is 6.61 Å². The highest BCUT2D eigenvalue weighted by Crippen LogP contribution is 2.27. The number of hydrazine groups is 1. The van der Waals surface area contributed by atoms with E-state index in [-0.39, 0.29) is 6.61 Å². The first kappa shape index (κ1) is 18.8. The molecule has 2 N–H and O–H groups in total. The second-order valence-electron chi connectivity index (χ2n) is 4.83. The van der Waals surface area contributed by atoms with E-state index in [1.165, 1.54) is 0 Å². The molecule has 2 rings (SSSR count). The number of benzene rings is 2. The molecule has 24 heavy (non-hydrogen) atoms. The molecule has 2 amide bonds. The normalized spacial score (nSPS) is 10.2. The van der Waals surface area contributed by atoms with Gasteiger partial charge < -0.3 is 4.74 Å². The van der Waals surface area contributed by atoms with Gasteiger partial charge in [0.2, 0.25) is 0 Å². The number of hydrogen-bond acceptors (Lipinski definition) is 3. The van der Waals surface area contributed by atoms with Gasteiger partial charge in [0.25, 0.3) is 11.8 Å². The van der Waals surface area contributed by atoms with E-state index in [9.17, 15) is 9.59 Å². The van der Waals surface area contributed by atoms with Gasteiger partial charge >= 0.3 is 0 Å². The van der Waals surface area contributed by atoms with Gasteiger partial charge in [-0.3, -0.25) is 20.4 Å². The summed E-state index contributed by atoms with van der Waals surface area (Å²) in [5.41, 5.74) is 6.07. The van der Waals surface area contributed by atoms with Crippen LogP contribution in [0.1, 0.15) is 15.9 Å². The largest absolute Gasteiger partial charge is 0.483 e. The number of amides is 2. The van der Waals surface area contributed by atoms with Crippen LogP contribution < -0.4 is 15.6 Å². The summed E-state index contributed by atoms with van der Waals surface area (Å²) in [5.74, 6) is -0.434. The highest BCUT2D eigenvalue weighted by Gasteiger charge is 2.10. The predicted molar refractivity (Wildman–Crippen MR) is 99.1 cm³/mol. The first-order valence-electron chi connectivity index (χ1n) is 6.80. The van der Waals surface area contributed by atoms with Crippen molar-refractivity contribution >= 4 is 55.3 Å². The Hall–Kier alpha value is -1.57. The maximum absolute atomic E-state index is 12.0. The Bertz CT molecular complexity index is 784. The van der Waals surface area contributed by atoms with Gasteiger partial charge in [0.1, 0.15) is 5.75 Å². The van der Waals surface area contributed by atoms with Gasteiger partial charge in [-0.25, -0.2) is 0 Å². The van der Waals surface area contributed by atoms with E-state index in [2.05, 4.69) is 42.7 Å². The average Bonchev–Trinajstić information content (AvgIpc) is 2.54. The van der Waals surface area contributed by atoms with Crippen molar-refractivity contribution in [3.05, 3.63) is 61.5 Å². The Kier molecular flexibility index (Phi) is 6.65. The Balaban J connectivity index is 1.84. The summed E-state index contributed by atoms with van der Waals surface area (Å²) >= 11 is 12.5. The van der Waals surface area contributed by atoms with Crippen LogP contribution in [0.5, 0.6) is 5.75 Å². The van der Waals surface area contributed by atoms with Crippen molar-refractivity contribution in [2.45, 2.75) is 6.92 Å². The summed E-state index contributed by atoms with van der Waals surface area (Å²) in [6.45, 7) is 1.66. The number of rotatable bonds is 4. The predicted octanol–water partition coefficient (Wildman–Crippen LogP) is 4.01. The Labute approximate surface area is 160 Å². The molecule has 0 radical (unpaired) electrons. The molecule has 5 nitrogen and oxygen atoms in total. The molecule has 0 fully saturated rings. The summed E-state index contributed by atoms with van der Waals surface area (Å²) in [6.07, 6.45) is 0. The fourth-order valence-electron chi connectivity index (χ4n) is 1.70. The molecule has 0 heterocycles. The van der Waals surface area contributed by atoms with Crippen LogP contribution in [0.2, 0.25) is 5.02 Å². The van der Waals surface area contributed by atoms with Gasteiger partial charge in [-0.05, 0) is 58.7 Å². The van der Waals surface area contributed by atoms with E-state index >= 15 is 0 Å². The van der Waals surface area contributed by atoms with Crippen molar-refractivity contribution in [2.75, 3.05) is 6.61 Å². The molecule has 0 saturated heterocycles. The summed E-state index contributed by atoms with van der Waals surface area (Å²) in [4.78, 5) is 23.7. The standard InChI is InChI=1S/C16H13Br2ClN2O3/c1-9-2-3-10(6-12(9)17)16(23)21-20-15(22)8-24-14-5-4-11(19)7-13(14)18/h2-7H,8H2,1H3,(H,20,22)(H,21,23). The molecule has 0 unspecified atom stereocenters. The molecule has 126 valence electrons. The molecule has 0 aliphatic rings. The number of carbonyl (C=O) groups excluding carboxylic acids is 2. The zero-order chi connectivity index (χ0) is 17.7. The lowest BCUT2D eigenvalue weighted by molar-refractivity contribution is -0.123. The first-order valence-corrected chi connectivity index (χ1v) is 8.76. The number of aryl methyl sites for hydroxylation is 1. The number of carbonyl (C=O) groups is 2. The van der Waals surface area contributed by atoms with E-state index < -0.39 is 11.8 Å². The molecule has 2 aromatic carbocycles. The molecule has 0 aliphatic carbocycles. The molecule has 0 bridgehead atoms. The molecule has 8 heteroatoms. The maximum Gasteiger partial charge on any atom is 0.276 e. The number of halogens is 3. The fourth-order valence-corrected chi connectivity index (χ4v) is 2.88. The summed E-state index contributed by atoms with van der Waals surface area (Å²) < 4.78 is 6.80. The van der Waals surface area contributed by atoms with E-state index in [1.54, 1.807) is 30.3 Å². The van der Waals surface area contributed by atoms with Crippen LogP contribution in [-0.2, 0) is 4.79 Å². The third kappa shape index (κ3) is 5.22. The van der Waals surface area contributed by atoms with Crippen LogP contribution in [0.15, 0.2) is 45.3 Å². The average molecular weight is 477 g/mol. The van der Waals surface area contributed by atoms with E-state index in [1.807, 2.05) is 13.0 Å². The first-order chi connectivity index (χ1) is 11.4. The van der Waals surface area contributed by atoms with Crippen molar-refractivity contribution in [1.29, 1.82) is 0 Å². The van der Waals surface area contributed by atoms with Gasteiger partial charge in [-0.2, -0.15) is 0 Å². The quantitative estimate of drug-likeness (QED) is 0.656. The van der Waals surface area contributed by atoms with Gasteiger partial charge in [0.05, 0.1) is 4.47 Å². The third-order valence-electron chi connectivity index (χ3n) is 3.00. The molecular formula is C16H13Br2ClN2O3. The smallest absolute Gasteiger partial charge is 0.276 e. The molecule has 0 saturated carbocycles. The van der Waals surface area contributed by atoms with Crippen molar-refractivity contribution < 1.29 is 14.3 Å². The number of hydrogen-bond donors (Lipinski definition) is 2. The Morgan fingerprint density at radius 3 is 2.50 bits per heavy atom. The summed E-state index contributed by atoms with van der Waals surface area (Å²) in [5, 5.41) is 0.551. The highest BCUT2D eigenvalue weighted by atomic mass is 79.9. The van der Waals surface area contributed by atoms with Gasteiger partial charge in [-0.15, -0.1) is 0 Å². The lowest BCUT2D eigenvalue weighted by atomic mass is 10.1. The highest BCUT2D eigenvalue weighted by molar-refractivity contribution is 9.10. The van der Waals surface area contributed by atoms with Crippen LogP contribution in [0.25, 0.3) is 0 Å². The van der Waals surface area contributed by atoms with Crippen LogP contribution in [0.3, 0.4) is 0 Å². The van der Waals surface area contributed by atoms with E-state index in [0.717, 1.165) is 10.0 Å². The fraction of sp³-hybridized carbons (Fsp3) is 0.125. The zero-order valence-corrected chi connectivity index (χ0v) is 16.5. The zero-order valence-electron chi connectivity index (χ0n) is 12.5. The van der Waals surface area contributed by atoms with Crippen LogP contribution in [-0.4, -0.2) is 18.4 Å². The van der Waals surface area contributed by atoms with E-state index in [0.29, 0.717) is 20.8 Å². The van der Waals surface area contributed by atoms with Crippen molar-refractivity contribution in [1.82, 2.24) is 10.9 Å². The molecule has 0 aromatic heterocycles. The van der Waals surface area contributed by atoms with Crippen LogP contribution in [0.4, 0.5) is 0 Å². The second kappa shape index (κ2) is 8.50. The maximum atomic E-state index is 12.0. The van der Waals surface area contributed by atoms with Crippen LogP contribution >= 0.6 is 43.5 Å². The minimum Gasteiger partial charge on any atom is -0.483 e. The molecular weight excluding hydrogens is 463 g/mol. The minimum absolute atomic E-state index is 0.252. The lowest BCUT2D eigenvalue weighted by Gasteiger charge is -2.10. The van der Waals surface area contributed by atoms with E-state index in [4.69, 9.17) is 16.3 Å². The molecule has 0 aliphatic heterocycles. The number of nitrogens with one attached hydrogen (secondary N) is 2. The van der Waals surface area contributed by atoms with Crippen molar-refractivity contribution in [3.63, 3.8) is 0 Å². The molecule has 2 aromatic rings. The molecule has 0 spiro atoms.